The fourth-order valence-electron chi connectivity index (χ4n) is 2.76. The van der Waals surface area contributed by atoms with Crippen molar-refractivity contribution in [2.24, 2.45) is 11.7 Å². The molecule has 0 saturated carbocycles. The van der Waals surface area contributed by atoms with Crippen LogP contribution < -0.4 is 16.0 Å². The molecule has 21 heavy (non-hydrogen) atoms. The van der Waals surface area contributed by atoms with E-state index >= 15 is 0 Å². The van der Waals surface area contributed by atoms with Crippen LogP contribution in [-0.2, 0) is 11.3 Å². The summed E-state index contributed by atoms with van der Waals surface area (Å²) < 4.78 is 0. The van der Waals surface area contributed by atoms with Crippen molar-refractivity contribution in [1.29, 1.82) is 0 Å². The topological polar surface area (TPSA) is 58.4 Å². The van der Waals surface area contributed by atoms with Gasteiger partial charge in [0.2, 0.25) is 5.91 Å². The van der Waals surface area contributed by atoms with Crippen LogP contribution in [0.5, 0.6) is 0 Å². The Labute approximate surface area is 131 Å². The average Bonchev–Trinajstić information content (AvgIpc) is 2.45. The number of anilines is 1. The number of primary amides is 1. The maximum Gasteiger partial charge on any atom is 0.220 e. The normalized spacial score (nSPS) is 16.5. The van der Waals surface area contributed by atoms with Crippen molar-refractivity contribution in [2.75, 3.05) is 18.0 Å². The number of rotatable bonds is 5. The van der Waals surface area contributed by atoms with Gasteiger partial charge in [-0.15, -0.1) is 0 Å². The number of amides is 1. The van der Waals surface area contributed by atoms with E-state index in [4.69, 9.17) is 17.3 Å². The lowest BCUT2D eigenvalue weighted by molar-refractivity contribution is -0.122. The number of para-hydroxylation sites is 1. The Kier molecular flexibility index (Phi) is 5.48. The minimum Gasteiger partial charge on any atom is -0.370 e. The molecule has 1 aliphatic rings. The minimum atomic E-state index is -0.185. The zero-order chi connectivity index (χ0) is 15.4. The highest BCUT2D eigenvalue weighted by atomic mass is 35.5. The van der Waals surface area contributed by atoms with E-state index < -0.39 is 0 Å². The van der Waals surface area contributed by atoms with E-state index in [2.05, 4.69) is 30.1 Å². The molecule has 3 N–H and O–H groups in total. The summed E-state index contributed by atoms with van der Waals surface area (Å²) in [6.45, 7) is 6.70. The number of nitrogens with two attached hydrogens (primary N) is 1. The first-order chi connectivity index (χ1) is 9.99. The summed E-state index contributed by atoms with van der Waals surface area (Å²) in [5, 5.41) is 4.21. The average molecular weight is 310 g/mol. The number of nitrogens with one attached hydrogen (secondary N) is 1. The molecule has 1 heterocycles. The highest BCUT2D eigenvalue weighted by Crippen LogP contribution is 2.33. The number of benzene rings is 1. The third-order valence-corrected chi connectivity index (χ3v) is 4.29. The van der Waals surface area contributed by atoms with Crippen LogP contribution in [0.2, 0.25) is 5.02 Å². The number of nitrogens with zero attached hydrogens (tertiary/aromatic N) is 1. The second-order valence-electron chi connectivity index (χ2n) is 5.95. The predicted octanol–water partition coefficient (Wildman–Crippen LogP) is 2.54. The first-order valence-electron chi connectivity index (χ1n) is 7.54. The van der Waals surface area contributed by atoms with Crippen molar-refractivity contribution >= 4 is 23.2 Å². The Morgan fingerprint density at radius 3 is 2.67 bits per heavy atom. The lowest BCUT2D eigenvalue weighted by Crippen LogP contribution is -2.39. The van der Waals surface area contributed by atoms with Crippen molar-refractivity contribution < 1.29 is 4.79 Å². The van der Waals surface area contributed by atoms with E-state index in [1.54, 1.807) is 0 Å². The van der Waals surface area contributed by atoms with Gasteiger partial charge >= 0.3 is 0 Å². The highest BCUT2D eigenvalue weighted by molar-refractivity contribution is 6.33. The van der Waals surface area contributed by atoms with Crippen molar-refractivity contribution in [3.8, 4) is 0 Å². The van der Waals surface area contributed by atoms with Crippen molar-refractivity contribution in [3.05, 3.63) is 28.8 Å². The van der Waals surface area contributed by atoms with Crippen LogP contribution in [0.1, 0.15) is 32.3 Å². The van der Waals surface area contributed by atoms with E-state index in [-0.39, 0.29) is 11.8 Å². The summed E-state index contributed by atoms with van der Waals surface area (Å²) >= 11 is 6.42. The van der Waals surface area contributed by atoms with Crippen LogP contribution in [0.3, 0.4) is 0 Å². The van der Waals surface area contributed by atoms with Crippen LogP contribution in [-0.4, -0.2) is 25.0 Å². The summed E-state index contributed by atoms with van der Waals surface area (Å²) in [6.07, 6.45) is 1.61. The van der Waals surface area contributed by atoms with E-state index in [0.29, 0.717) is 6.04 Å². The van der Waals surface area contributed by atoms with Gasteiger partial charge < -0.3 is 16.0 Å². The van der Waals surface area contributed by atoms with Crippen LogP contribution >= 0.6 is 11.6 Å². The monoisotopic (exact) mass is 309 g/mol. The predicted molar refractivity (Wildman–Crippen MR) is 87.6 cm³/mol. The third-order valence-electron chi connectivity index (χ3n) is 3.98. The van der Waals surface area contributed by atoms with Gasteiger partial charge in [-0.2, -0.15) is 0 Å². The number of carbonyl (C=O) groups is 1. The van der Waals surface area contributed by atoms with Crippen LogP contribution in [0, 0.1) is 5.92 Å². The molecule has 1 aromatic carbocycles. The number of carbonyl (C=O) groups excluding carboxylic acids is 1. The summed E-state index contributed by atoms with van der Waals surface area (Å²) in [5.41, 5.74) is 7.69. The van der Waals surface area contributed by atoms with E-state index in [1.165, 1.54) is 5.56 Å². The molecule has 1 saturated heterocycles. The number of hydrogen-bond acceptors (Lipinski definition) is 3. The molecule has 0 aliphatic carbocycles. The molecule has 0 aromatic heterocycles. The first-order valence-corrected chi connectivity index (χ1v) is 7.92. The van der Waals surface area contributed by atoms with Crippen LogP contribution in [0.4, 0.5) is 5.69 Å². The fourth-order valence-corrected chi connectivity index (χ4v) is 3.07. The molecule has 0 atom stereocenters. The van der Waals surface area contributed by atoms with E-state index in [1.807, 2.05) is 12.1 Å². The molecule has 116 valence electrons. The Hall–Kier alpha value is -1.26. The Morgan fingerprint density at radius 1 is 1.43 bits per heavy atom. The van der Waals surface area contributed by atoms with Crippen molar-refractivity contribution in [2.45, 2.75) is 39.3 Å². The minimum absolute atomic E-state index is 0.000904. The Balaban J connectivity index is 2.13. The largest absolute Gasteiger partial charge is 0.370 e. The van der Waals surface area contributed by atoms with Crippen molar-refractivity contribution in [1.82, 2.24) is 5.32 Å². The van der Waals surface area contributed by atoms with Gasteiger partial charge in [0, 0.05) is 31.6 Å². The quantitative estimate of drug-likeness (QED) is 0.879. The summed E-state index contributed by atoms with van der Waals surface area (Å²) in [6, 6.07) is 6.45. The second-order valence-corrected chi connectivity index (χ2v) is 6.35. The van der Waals surface area contributed by atoms with Gasteiger partial charge in [0.05, 0.1) is 10.7 Å². The molecule has 4 nitrogen and oxygen atoms in total. The van der Waals surface area contributed by atoms with Gasteiger partial charge in [0.15, 0.2) is 0 Å². The van der Waals surface area contributed by atoms with Gasteiger partial charge in [-0.3, -0.25) is 4.79 Å². The van der Waals surface area contributed by atoms with E-state index in [9.17, 15) is 4.79 Å². The third kappa shape index (κ3) is 4.11. The molecule has 0 spiro atoms. The zero-order valence-corrected chi connectivity index (χ0v) is 13.5. The maximum absolute atomic E-state index is 11.3. The van der Waals surface area contributed by atoms with Gasteiger partial charge in [-0.05, 0) is 24.5 Å². The lowest BCUT2D eigenvalue weighted by atomic mass is 9.95. The number of piperidine rings is 1. The molecule has 1 aromatic rings. The summed E-state index contributed by atoms with van der Waals surface area (Å²) in [5.74, 6) is -0.184. The van der Waals surface area contributed by atoms with Gasteiger partial charge in [0.1, 0.15) is 0 Å². The second kappa shape index (κ2) is 7.14. The molecular formula is C16H24ClN3O. The SMILES string of the molecule is CC(C)NCc1cccc(Cl)c1N1CCC(C(N)=O)CC1. The molecular weight excluding hydrogens is 286 g/mol. The fraction of sp³-hybridized carbons (Fsp3) is 0.562. The molecule has 0 radical (unpaired) electrons. The number of hydrogen-bond donors (Lipinski definition) is 2. The molecule has 5 heteroatoms. The standard InChI is InChI=1S/C16H24ClN3O/c1-11(2)19-10-13-4-3-5-14(17)15(13)20-8-6-12(7-9-20)16(18)21/h3-5,11-12,19H,6-10H2,1-2H3,(H2,18,21). The highest BCUT2D eigenvalue weighted by Gasteiger charge is 2.25. The summed E-state index contributed by atoms with van der Waals surface area (Å²) in [4.78, 5) is 13.6. The van der Waals surface area contributed by atoms with Crippen LogP contribution in [0.25, 0.3) is 0 Å². The van der Waals surface area contributed by atoms with Gasteiger partial charge in [0.25, 0.3) is 0 Å². The first kappa shape index (κ1) is 16.1. The smallest absolute Gasteiger partial charge is 0.220 e. The summed E-state index contributed by atoms with van der Waals surface area (Å²) in [7, 11) is 0. The van der Waals surface area contributed by atoms with Gasteiger partial charge in [-0.25, -0.2) is 0 Å². The maximum atomic E-state index is 11.3. The molecule has 1 aliphatic heterocycles. The van der Waals surface area contributed by atoms with Gasteiger partial charge in [-0.1, -0.05) is 37.6 Å². The molecule has 1 fully saturated rings. The molecule has 1 amide bonds. The Morgan fingerprint density at radius 2 is 2.10 bits per heavy atom. The Bertz CT molecular complexity index is 496. The van der Waals surface area contributed by atoms with Crippen LogP contribution in [0.15, 0.2) is 18.2 Å². The molecule has 0 bridgehead atoms. The number of halogens is 1. The van der Waals surface area contributed by atoms with E-state index in [0.717, 1.165) is 43.2 Å². The lowest BCUT2D eigenvalue weighted by Gasteiger charge is -2.34. The molecule has 0 unspecified atom stereocenters. The zero-order valence-electron chi connectivity index (χ0n) is 12.7. The van der Waals surface area contributed by atoms with Crippen molar-refractivity contribution in [3.63, 3.8) is 0 Å². The molecule has 2 rings (SSSR count).